The average molecular weight is 470 g/mol. The van der Waals surface area contributed by atoms with Crippen molar-refractivity contribution in [1.29, 1.82) is 0 Å². The zero-order chi connectivity index (χ0) is 25.1. The summed E-state index contributed by atoms with van der Waals surface area (Å²) in [7, 11) is 2.83. The summed E-state index contributed by atoms with van der Waals surface area (Å²) < 4.78 is 39.1. The van der Waals surface area contributed by atoms with E-state index < -0.39 is 23.7 Å². The third-order valence-electron chi connectivity index (χ3n) is 4.05. The number of methoxy groups -OCH3 is 2. The maximum Gasteiger partial charge on any atom is 0.341 e. The Kier molecular flexibility index (Phi) is 9.88. The Morgan fingerprint density at radius 1 is 0.794 bits per heavy atom. The Morgan fingerprint density at radius 3 is 1.76 bits per heavy atom. The summed E-state index contributed by atoms with van der Waals surface area (Å²) in [5.41, 5.74) is 0.307. The van der Waals surface area contributed by atoms with Crippen molar-refractivity contribution in [2.24, 2.45) is 0 Å². The van der Waals surface area contributed by atoms with Crippen LogP contribution in [0.3, 0.4) is 0 Å². The molecule has 0 radical (unpaired) electrons. The number of hydrogen-bond acceptors (Lipinski definition) is 8. The first kappa shape index (κ1) is 26.2. The Morgan fingerprint density at radius 2 is 1.26 bits per heavy atom. The van der Waals surface area contributed by atoms with E-state index in [2.05, 4.69) is 13.2 Å². The van der Waals surface area contributed by atoms with Gasteiger partial charge in [0.05, 0.1) is 24.4 Å². The fourth-order valence-electron chi connectivity index (χ4n) is 2.41. The molecule has 0 bridgehead atoms. The first-order valence-corrected chi connectivity index (χ1v) is 9.80. The average Bonchev–Trinajstić information content (AvgIpc) is 2.80. The fraction of sp³-hybridized carbons (Fsp3) is 0.160. The van der Waals surface area contributed by atoms with Gasteiger partial charge < -0.3 is 23.7 Å². The molecule has 0 aliphatic carbocycles. The monoisotopic (exact) mass is 470 g/mol. The second-order valence-electron chi connectivity index (χ2n) is 6.76. The largest absolute Gasteiger partial charge is 0.423 e. The molecule has 0 saturated carbocycles. The molecule has 34 heavy (non-hydrogen) atoms. The van der Waals surface area contributed by atoms with E-state index in [1.54, 1.807) is 0 Å². The van der Waals surface area contributed by atoms with E-state index in [1.165, 1.54) is 56.7 Å². The van der Waals surface area contributed by atoms with Crippen molar-refractivity contribution in [3.63, 3.8) is 0 Å². The first-order chi connectivity index (χ1) is 16.2. The van der Waals surface area contributed by atoms with E-state index in [9.17, 15) is 18.8 Å². The van der Waals surface area contributed by atoms with Gasteiger partial charge in [0.25, 0.3) is 0 Å². The van der Waals surface area contributed by atoms with Crippen LogP contribution < -0.4 is 14.2 Å². The topological polar surface area (TPSA) is 97.4 Å². The highest BCUT2D eigenvalue weighted by Crippen LogP contribution is 2.20. The van der Waals surface area contributed by atoms with Crippen LogP contribution >= 0.6 is 0 Å². The molecule has 0 aliphatic heterocycles. The van der Waals surface area contributed by atoms with Gasteiger partial charge in [-0.25, -0.2) is 18.8 Å². The highest BCUT2D eigenvalue weighted by Gasteiger charge is 2.12. The van der Waals surface area contributed by atoms with E-state index in [0.29, 0.717) is 0 Å². The molecule has 0 amide bonds. The van der Waals surface area contributed by atoms with Crippen LogP contribution in [-0.4, -0.2) is 45.3 Å². The molecule has 8 nitrogen and oxygen atoms in total. The van der Waals surface area contributed by atoms with Gasteiger partial charge in [0.15, 0.2) is 0 Å². The van der Waals surface area contributed by atoms with Gasteiger partial charge in [-0.05, 0) is 42.5 Å². The highest BCUT2D eigenvalue weighted by atomic mass is 19.1. The Bertz CT molecular complexity index is 1100. The van der Waals surface area contributed by atoms with Crippen molar-refractivity contribution in [1.82, 2.24) is 0 Å². The van der Waals surface area contributed by atoms with Gasteiger partial charge in [-0.1, -0.05) is 13.2 Å². The summed E-state index contributed by atoms with van der Waals surface area (Å²) in [5, 5.41) is 0. The van der Waals surface area contributed by atoms with Crippen LogP contribution in [0.5, 0.6) is 17.2 Å². The zero-order valence-corrected chi connectivity index (χ0v) is 18.7. The second kappa shape index (κ2) is 12.8. The molecule has 0 atom stereocenters. The minimum atomic E-state index is -0.760. The summed E-state index contributed by atoms with van der Waals surface area (Å²) in [6, 6.07) is 9.43. The molecular weight excluding hydrogens is 447 g/mol. The molecule has 0 saturated heterocycles. The molecule has 0 spiro atoms. The molecule has 2 aromatic carbocycles. The Labute approximate surface area is 195 Å². The highest BCUT2D eigenvalue weighted by molar-refractivity contribution is 5.91. The number of ether oxygens (including phenoxy) is 5. The standard InChI is InChI=1S/C25H23FO8/c1-16(14-30-3)24(28)33-20-10-8-19(9-11-20)32-23(27)12-6-18-5-7-21(13-22(18)26)34-25(29)17(2)15-31-4/h5-13H,1-2,14-15H2,3-4H3/b12-6+. The summed E-state index contributed by atoms with van der Waals surface area (Å²) in [4.78, 5) is 35.6. The van der Waals surface area contributed by atoms with E-state index in [4.69, 9.17) is 23.7 Å². The van der Waals surface area contributed by atoms with Gasteiger partial charge >= 0.3 is 17.9 Å². The number of rotatable bonds is 11. The molecule has 0 N–H and O–H groups in total. The summed E-state index contributed by atoms with van der Waals surface area (Å²) in [6.07, 6.45) is 2.25. The van der Waals surface area contributed by atoms with Gasteiger partial charge in [0.2, 0.25) is 0 Å². The minimum Gasteiger partial charge on any atom is -0.423 e. The zero-order valence-electron chi connectivity index (χ0n) is 18.7. The number of carbonyl (C=O) groups excluding carboxylic acids is 3. The van der Waals surface area contributed by atoms with Crippen molar-refractivity contribution >= 4 is 24.0 Å². The van der Waals surface area contributed by atoms with Gasteiger partial charge in [-0.3, -0.25) is 0 Å². The molecule has 0 heterocycles. The maximum absolute atomic E-state index is 14.3. The quantitative estimate of drug-likeness (QED) is 0.279. The first-order valence-electron chi connectivity index (χ1n) is 9.80. The Hall–Kier alpha value is -4.08. The van der Waals surface area contributed by atoms with Crippen LogP contribution in [0, 0.1) is 5.82 Å². The van der Waals surface area contributed by atoms with Gasteiger partial charge in [0.1, 0.15) is 23.1 Å². The second-order valence-corrected chi connectivity index (χ2v) is 6.76. The number of benzene rings is 2. The number of esters is 3. The molecule has 9 heteroatoms. The molecule has 0 aliphatic rings. The Balaban J connectivity index is 1.93. The summed E-state index contributed by atoms with van der Waals surface area (Å²) >= 11 is 0. The molecule has 2 aromatic rings. The molecular formula is C25H23FO8. The molecule has 0 unspecified atom stereocenters. The number of halogens is 1. The van der Waals surface area contributed by atoms with Crippen LogP contribution in [0.2, 0.25) is 0 Å². The van der Waals surface area contributed by atoms with Crippen LogP contribution in [0.15, 0.2) is 72.8 Å². The van der Waals surface area contributed by atoms with Crippen LogP contribution in [0.4, 0.5) is 4.39 Å². The summed E-state index contributed by atoms with van der Waals surface area (Å²) in [6.45, 7) is 7.09. The van der Waals surface area contributed by atoms with E-state index in [0.717, 1.165) is 12.1 Å². The third kappa shape index (κ3) is 8.12. The summed E-state index contributed by atoms with van der Waals surface area (Å²) in [5.74, 6) is -2.47. The van der Waals surface area contributed by atoms with Crippen LogP contribution in [0.1, 0.15) is 5.56 Å². The van der Waals surface area contributed by atoms with Crippen LogP contribution in [-0.2, 0) is 23.9 Å². The van der Waals surface area contributed by atoms with E-state index in [1.807, 2.05) is 0 Å². The number of carbonyl (C=O) groups is 3. The number of hydrogen-bond donors (Lipinski definition) is 0. The van der Waals surface area contributed by atoms with E-state index >= 15 is 0 Å². The van der Waals surface area contributed by atoms with Crippen molar-refractivity contribution in [3.8, 4) is 17.2 Å². The van der Waals surface area contributed by atoms with Crippen molar-refractivity contribution < 1.29 is 42.5 Å². The minimum absolute atomic E-state index is 0.0116. The van der Waals surface area contributed by atoms with Crippen molar-refractivity contribution in [2.75, 3.05) is 27.4 Å². The lowest BCUT2D eigenvalue weighted by atomic mass is 10.2. The molecule has 0 aromatic heterocycles. The maximum atomic E-state index is 14.3. The van der Waals surface area contributed by atoms with Gasteiger partial charge in [0, 0.05) is 31.9 Å². The lowest BCUT2D eigenvalue weighted by Gasteiger charge is -2.07. The predicted octanol–water partition coefficient (Wildman–Crippen LogP) is 3.66. The van der Waals surface area contributed by atoms with Crippen molar-refractivity contribution in [2.45, 2.75) is 0 Å². The lowest BCUT2D eigenvalue weighted by molar-refractivity contribution is -0.131. The van der Waals surface area contributed by atoms with Gasteiger partial charge in [-0.15, -0.1) is 0 Å². The smallest absolute Gasteiger partial charge is 0.341 e. The van der Waals surface area contributed by atoms with Gasteiger partial charge in [-0.2, -0.15) is 0 Å². The molecule has 0 fully saturated rings. The SMILES string of the molecule is C=C(COC)C(=O)Oc1ccc(OC(=O)/C=C/c2ccc(OC(=O)C(=C)COC)cc2F)cc1. The van der Waals surface area contributed by atoms with E-state index in [-0.39, 0.29) is 47.2 Å². The molecule has 178 valence electrons. The van der Waals surface area contributed by atoms with Crippen LogP contribution in [0.25, 0.3) is 6.08 Å². The predicted molar refractivity (Wildman–Crippen MR) is 121 cm³/mol. The lowest BCUT2D eigenvalue weighted by Crippen LogP contribution is -2.14. The van der Waals surface area contributed by atoms with Crippen molar-refractivity contribution in [3.05, 3.63) is 84.2 Å². The normalized spacial score (nSPS) is 10.6. The molecule has 2 rings (SSSR count). The third-order valence-corrected chi connectivity index (χ3v) is 4.05. The fourth-order valence-corrected chi connectivity index (χ4v) is 2.41.